The summed E-state index contributed by atoms with van der Waals surface area (Å²) >= 11 is 0. The van der Waals surface area contributed by atoms with Crippen LogP contribution < -0.4 is 5.73 Å². The summed E-state index contributed by atoms with van der Waals surface area (Å²) in [5, 5.41) is 8.66. The Hall–Kier alpha value is -1.95. The monoisotopic (exact) mass is 314 g/mol. The molecule has 0 saturated heterocycles. The van der Waals surface area contributed by atoms with Crippen molar-refractivity contribution in [3.8, 4) is 11.8 Å². The highest BCUT2D eigenvalue weighted by atomic mass is 32.2. The van der Waals surface area contributed by atoms with Gasteiger partial charge in [-0.15, -0.1) is 0 Å². The number of likely N-dealkylation sites (N-methyl/N-ethyl adjacent to an activating group) is 1. The Labute approximate surface area is 122 Å². The van der Waals surface area contributed by atoms with Crippen molar-refractivity contribution in [3.05, 3.63) is 29.6 Å². The van der Waals surface area contributed by atoms with Gasteiger partial charge in [-0.25, -0.2) is 12.8 Å². The second-order valence-corrected chi connectivity index (χ2v) is 6.16. The van der Waals surface area contributed by atoms with E-state index in [2.05, 4.69) is 11.8 Å². The largest absolute Gasteiger partial charge is 0.395 e. The number of nitrogens with zero attached hydrogens (tertiary/aromatic N) is 1. The smallest absolute Gasteiger partial charge is 0.244 e. The fraction of sp³-hybridized carbons (Fsp3) is 0.308. The number of aliphatic hydroxyl groups is 1. The molecule has 0 radical (unpaired) electrons. The zero-order valence-corrected chi connectivity index (χ0v) is 12.2. The molecule has 21 heavy (non-hydrogen) atoms. The van der Waals surface area contributed by atoms with E-state index in [0.29, 0.717) is 0 Å². The van der Waals surface area contributed by atoms with Crippen molar-refractivity contribution in [1.82, 2.24) is 4.31 Å². The Kier molecular flexibility index (Phi) is 5.84. The zero-order chi connectivity index (χ0) is 16.0. The predicted molar refractivity (Wildman–Crippen MR) is 74.0 cm³/mol. The highest BCUT2D eigenvalue weighted by Crippen LogP contribution is 2.19. The number of rotatable bonds is 5. The number of aliphatic hydroxyl groups excluding tert-OH is 1. The highest BCUT2D eigenvalue weighted by molar-refractivity contribution is 7.89. The van der Waals surface area contributed by atoms with Gasteiger partial charge in [-0.3, -0.25) is 4.79 Å². The molecular formula is C13H15FN2O4S. The Bertz CT molecular complexity index is 692. The number of carbonyl (C=O) groups is 1. The summed E-state index contributed by atoms with van der Waals surface area (Å²) in [4.78, 5) is 10.6. The lowest BCUT2D eigenvalue weighted by molar-refractivity contribution is -0.118. The molecule has 0 aliphatic heterocycles. The average Bonchev–Trinajstić information content (AvgIpc) is 2.38. The van der Waals surface area contributed by atoms with E-state index in [-0.39, 0.29) is 23.5 Å². The minimum absolute atomic E-state index is 0.0419. The second kappa shape index (κ2) is 7.17. The minimum atomic E-state index is -4.02. The molecule has 0 bridgehead atoms. The van der Waals surface area contributed by atoms with Gasteiger partial charge >= 0.3 is 0 Å². The molecule has 1 amide bonds. The molecule has 0 aromatic heterocycles. The summed E-state index contributed by atoms with van der Waals surface area (Å²) in [6.07, 6.45) is 0.132. The number of carbonyl (C=O) groups excluding carboxylic acids is 1. The van der Waals surface area contributed by atoms with Crippen LogP contribution in [0.5, 0.6) is 0 Å². The molecule has 0 fully saturated rings. The summed E-state index contributed by atoms with van der Waals surface area (Å²) in [5.41, 5.74) is 4.93. The standard InChI is InChI=1S/C13H15FN2O4S/c1-16(9-13(15)18)21(19,20)12-6-5-11(14)8-10(12)4-2-3-7-17/h5-6,8,17H,3,7,9H2,1H3,(H2,15,18). The maximum Gasteiger partial charge on any atom is 0.244 e. The third kappa shape index (κ3) is 4.53. The molecule has 1 aromatic rings. The van der Waals surface area contributed by atoms with E-state index in [4.69, 9.17) is 10.8 Å². The van der Waals surface area contributed by atoms with Crippen molar-refractivity contribution in [3.63, 3.8) is 0 Å². The number of halogens is 1. The van der Waals surface area contributed by atoms with Crippen LogP contribution in [0.4, 0.5) is 4.39 Å². The Morgan fingerprint density at radius 1 is 1.48 bits per heavy atom. The fourth-order valence-corrected chi connectivity index (χ4v) is 2.77. The molecule has 0 atom stereocenters. The van der Waals surface area contributed by atoms with Crippen LogP contribution in [0, 0.1) is 17.7 Å². The number of nitrogens with two attached hydrogens (primary N) is 1. The lowest BCUT2D eigenvalue weighted by atomic mass is 10.2. The van der Waals surface area contributed by atoms with E-state index in [0.717, 1.165) is 22.5 Å². The van der Waals surface area contributed by atoms with E-state index in [1.807, 2.05) is 0 Å². The minimum Gasteiger partial charge on any atom is -0.395 e. The number of amides is 1. The molecule has 6 nitrogen and oxygen atoms in total. The normalized spacial score (nSPS) is 11.0. The van der Waals surface area contributed by atoms with Crippen LogP contribution in [0.3, 0.4) is 0 Å². The molecule has 1 aromatic carbocycles. The third-order valence-corrected chi connectivity index (χ3v) is 4.33. The van der Waals surface area contributed by atoms with Gasteiger partial charge in [0.25, 0.3) is 0 Å². The van der Waals surface area contributed by atoms with Crippen LogP contribution in [-0.4, -0.2) is 43.9 Å². The number of hydrogen-bond acceptors (Lipinski definition) is 4. The van der Waals surface area contributed by atoms with Crippen molar-refractivity contribution >= 4 is 15.9 Å². The molecule has 0 unspecified atom stereocenters. The summed E-state index contributed by atoms with van der Waals surface area (Å²) in [6.45, 7) is -0.685. The van der Waals surface area contributed by atoms with Gasteiger partial charge < -0.3 is 10.8 Å². The average molecular weight is 314 g/mol. The van der Waals surface area contributed by atoms with Gasteiger partial charge in [0.15, 0.2) is 0 Å². The molecule has 1 rings (SSSR count). The summed E-state index contributed by atoms with van der Waals surface area (Å²) in [7, 11) is -2.83. The maximum absolute atomic E-state index is 13.3. The van der Waals surface area contributed by atoms with Gasteiger partial charge in [-0.2, -0.15) is 4.31 Å². The van der Waals surface area contributed by atoms with Gasteiger partial charge in [0, 0.05) is 19.0 Å². The van der Waals surface area contributed by atoms with Crippen LogP contribution in [0.1, 0.15) is 12.0 Å². The van der Waals surface area contributed by atoms with Crippen LogP contribution in [0.15, 0.2) is 23.1 Å². The van der Waals surface area contributed by atoms with E-state index in [9.17, 15) is 17.6 Å². The first-order valence-corrected chi connectivity index (χ1v) is 7.37. The predicted octanol–water partition coefficient (Wildman–Crippen LogP) is -0.335. The van der Waals surface area contributed by atoms with Gasteiger partial charge in [-0.05, 0) is 18.2 Å². The maximum atomic E-state index is 13.3. The third-order valence-electron chi connectivity index (χ3n) is 2.47. The first kappa shape index (κ1) is 17.1. The number of hydrogen-bond donors (Lipinski definition) is 2. The molecule has 0 aliphatic carbocycles. The summed E-state index contributed by atoms with van der Waals surface area (Å²) < 4.78 is 38.6. The van der Waals surface area contributed by atoms with Gasteiger partial charge in [-0.1, -0.05) is 11.8 Å². The van der Waals surface area contributed by atoms with Crippen molar-refractivity contribution in [2.45, 2.75) is 11.3 Å². The van der Waals surface area contributed by atoms with E-state index in [1.54, 1.807) is 0 Å². The van der Waals surface area contributed by atoms with Crippen molar-refractivity contribution in [1.29, 1.82) is 0 Å². The van der Waals surface area contributed by atoms with Crippen LogP contribution >= 0.6 is 0 Å². The van der Waals surface area contributed by atoms with Crippen LogP contribution in [0.2, 0.25) is 0 Å². The molecule has 0 heterocycles. The van der Waals surface area contributed by atoms with Gasteiger partial charge in [0.05, 0.1) is 18.0 Å². The Morgan fingerprint density at radius 2 is 2.14 bits per heavy atom. The van der Waals surface area contributed by atoms with Crippen molar-refractivity contribution in [2.24, 2.45) is 5.73 Å². The highest BCUT2D eigenvalue weighted by Gasteiger charge is 2.24. The van der Waals surface area contributed by atoms with Gasteiger partial charge in [0.2, 0.25) is 15.9 Å². The lowest BCUT2D eigenvalue weighted by Gasteiger charge is -2.16. The van der Waals surface area contributed by atoms with Crippen LogP contribution in [-0.2, 0) is 14.8 Å². The number of benzene rings is 1. The van der Waals surface area contributed by atoms with E-state index in [1.165, 1.54) is 7.05 Å². The summed E-state index contributed by atoms with van der Waals surface area (Å²) in [5.74, 6) is 3.58. The van der Waals surface area contributed by atoms with E-state index < -0.39 is 28.3 Å². The SMILES string of the molecule is CN(CC(N)=O)S(=O)(=O)c1ccc(F)cc1C#CCCO. The Morgan fingerprint density at radius 3 is 2.71 bits per heavy atom. The molecule has 0 spiro atoms. The molecule has 0 saturated carbocycles. The topological polar surface area (TPSA) is 101 Å². The second-order valence-electron chi connectivity index (χ2n) is 4.14. The Balaban J connectivity index is 3.29. The summed E-state index contributed by atoms with van der Waals surface area (Å²) in [6, 6.07) is 3.04. The quantitative estimate of drug-likeness (QED) is 0.726. The molecule has 114 valence electrons. The van der Waals surface area contributed by atoms with Gasteiger partial charge in [0.1, 0.15) is 5.82 Å². The number of primary amides is 1. The van der Waals surface area contributed by atoms with E-state index >= 15 is 0 Å². The molecule has 0 aliphatic rings. The molecule has 3 N–H and O–H groups in total. The molecular weight excluding hydrogens is 299 g/mol. The number of sulfonamides is 1. The van der Waals surface area contributed by atoms with Crippen molar-refractivity contribution in [2.75, 3.05) is 20.2 Å². The lowest BCUT2D eigenvalue weighted by Crippen LogP contribution is -2.35. The first-order chi connectivity index (χ1) is 9.78. The fourth-order valence-electron chi connectivity index (χ4n) is 1.51. The van der Waals surface area contributed by atoms with Crippen molar-refractivity contribution < 1.29 is 22.7 Å². The molecule has 8 heteroatoms. The van der Waals surface area contributed by atoms with Crippen LogP contribution in [0.25, 0.3) is 0 Å². The first-order valence-electron chi connectivity index (χ1n) is 5.93. The zero-order valence-electron chi connectivity index (χ0n) is 11.3.